The SMILES string of the molecule is CCOC1=C(NC(=O)c2cc(Cc3ccc(OCC)c(-n4c(C)nc5ccccc5c4=O)c3)ccc2NC(C)=O)C=CCC1. The van der Waals surface area contributed by atoms with Crippen LogP contribution in [0.1, 0.15) is 60.9 Å². The average Bonchev–Trinajstić information content (AvgIpc) is 3.00. The van der Waals surface area contributed by atoms with Crippen molar-refractivity contribution in [2.24, 2.45) is 0 Å². The number of ether oxygens (including phenoxy) is 2. The van der Waals surface area contributed by atoms with Crippen LogP contribution in [0.4, 0.5) is 5.69 Å². The van der Waals surface area contributed by atoms with Crippen molar-refractivity contribution in [3.63, 3.8) is 0 Å². The van der Waals surface area contributed by atoms with Crippen LogP contribution in [0.25, 0.3) is 16.6 Å². The summed E-state index contributed by atoms with van der Waals surface area (Å²) in [6.07, 6.45) is 5.84. The van der Waals surface area contributed by atoms with Gasteiger partial charge >= 0.3 is 0 Å². The van der Waals surface area contributed by atoms with E-state index in [0.717, 1.165) is 23.3 Å². The molecule has 5 rings (SSSR count). The van der Waals surface area contributed by atoms with Gasteiger partial charge in [-0.2, -0.15) is 0 Å². The van der Waals surface area contributed by atoms with Crippen LogP contribution in [0, 0.1) is 6.92 Å². The molecular weight excluding hydrogens is 556 g/mol. The van der Waals surface area contributed by atoms with E-state index in [1.807, 2.05) is 68.5 Å². The van der Waals surface area contributed by atoms with Gasteiger partial charge in [-0.3, -0.25) is 19.0 Å². The fraction of sp³-hybridized carbons (Fsp3) is 0.257. The molecule has 0 saturated heterocycles. The number of anilines is 1. The van der Waals surface area contributed by atoms with E-state index in [-0.39, 0.29) is 17.4 Å². The van der Waals surface area contributed by atoms with Gasteiger partial charge in [-0.15, -0.1) is 0 Å². The Morgan fingerprint density at radius 1 is 0.955 bits per heavy atom. The maximum absolute atomic E-state index is 13.6. The van der Waals surface area contributed by atoms with Crippen LogP contribution >= 0.6 is 0 Å². The van der Waals surface area contributed by atoms with Gasteiger partial charge in [-0.25, -0.2) is 4.98 Å². The Hall–Kier alpha value is -5.18. The normalized spacial score (nSPS) is 12.7. The van der Waals surface area contributed by atoms with E-state index < -0.39 is 0 Å². The third-order valence-electron chi connectivity index (χ3n) is 7.24. The number of para-hydroxylation sites is 1. The molecule has 0 fully saturated rings. The summed E-state index contributed by atoms with van der Waals surface area (Å²) in [7, 11) is 0. The topological polar surface area (TPSA) is 112 Å². The fourth-order valence-corrected chi connectivity index (χ4v) is 5.34. The Labute approximate surface area is 256 Å². The maximum Gasteiger partial charge on any atom is 0.266 e. The summed E-state index contributed by atoms with van der Waals surface area (Å²) in [6, 6.07) is 18.4. The summed E-state index contributed by atoms with van der Waals surface area (Å²) >= 11 is 0. The Morgan fingerprint density at radius 3 is 2.48 bits per heavy atom. The molecule has 226 valence electrons. The van der Waals surface area contributed by atoms with Crippen molar-refractivity contribution in [2.75, 3.05) is 18.5 Å². The molecular formula is C35H36N4O5. The number of fused-ring (bicyclic) bond motifs is 1. The molecule has 1 heterocycles. The van der Waals surface area contributed by atoms with Crippen molar-refractivity contribution in [3.8, 4) is 11.4 Å². The zero-order chi connectivity index (χ0) is 31.2. The number of allylic oxidation sites excluding steroid dienone is 3. The lowest BCUT2D eigenvalue weighted by Crippen LogP contribution is -2.26. The van der Waals surface area contributed by atoms with Crippen LogP contribution in [0.3, 0.4) is 0 Å². The number of aryl methyl sites for hydroxylation is 1. The molecule has 2 N–H and O–H groups in total. The number of hydrogen-bond acceptors (Lipinski definition) is 6. The predicted octanol–water partition coefficient (Wildman–Crippen LogP) is 5.97. The largest absolute Gasteiger partial charge is 0.496 e. The fourth-order valence-electron chi connectivity index (χ4n) is 5.34. The van der Waals surface area contributed by atoms with Gasteiger partial charge in [0.15, 0.2) is 0 Å². The van der Waals surface area contributed by atoms with E-state index in [1.165, 1.54) is 6.92 Å². The number of rotatable bonds is 10. The van der Waals surface area contributed by atoms with Crippen LogP contribution in [-0.4, -0.2) is 34.6 Å². The van der Waals surface area contributed by atoms with Crippen LogP contribution in [0.15, 0.2) is 89.1 Å². The average molecular weight is 593 g/mol. The standard InChI is InChI=1S/C35H36N4O5/c1-5-43-32-14-10-9-13-30(32)38-34(41)27-20-24(15-17-29(27)37-23(4)40)19-25-16-18-33(44-6-2)31(21-25)39-22(3)36-28-12-8-7-11-26(28)35(39)42/h7-9,11-13,15-18,20-21H,5-6,10,14,19H2,1-4H3,(H,37,40)(H,38,41). The van der Waals surface area contributed by atoms with Crippen molar-refractivity contribution in [2.45, 2.75) is 47.0 Å². The van der Waals surface area contributed by atoms with Crippen molar-refractivity contribution < 1.29 is 19.1 Å². The highest BCUT2D eigenvalue weighted by molar-refractivity contribution is 6.04. The van der Waals surface area contributed by atoms with Gasteiger partial charge in [0.25, 0.3) is 11.5 Å². The zero-order valence-electron chi connectivity index (χ0n) is 25.4. The third kappa shape index (κ3) is 6.57. The minimum absolute atomic E-state index is 0.178. The number of aromatic nitrogens is 2. The van der Waals surface area contributed by atoms with E-state index in [2.05, 4.69) is 15.6 Å². The van der Waals surface area contributed by atoms with Crippen LogP contribution in [0.2, 0.25) is 0 Å². The van der Waals surface area contributed by atoms with Crippen molar-refractivity contribution in [3.05, 3.63) is 117 Å². The summed E-state index contributed by atoms with van der Waals surface area (Å²) in [5.41, 5.74) is 4.16. The van der Waals surface area contributed by atoms with Gasteiger partial charge < -0.3 is 20.1 Å². The lowest BCUT2D eigenvalue weighted by Gasteiger charge is -2.19. The van der Waals surface area contributed by atoms with E-state index in [0.29, 0.717) is 71.2 Å². The summed E-state index contributed by atoms with van der Waals surface area (Å²) in [5, 5.41) is 6.26. The first-order valence-corrected chi connectivity index (χ1v) is 14.8. The molecule has 1 aliphatic rings. The third-order valence-corrected chi connectivity index (χ3v) is 7.24. The maximum atomic E-state index is 13.6. The molecule has 9 heteroatoms. The highest BCUT2D eigenvalue weighted by atomic mass is 16.5. The minimum Gasteiger partial charge on any atom is -0.496 e. The van der Waals surface area contributed by atoms with Crippen LogP contribution < -0.4 is 20.9 Å². The highest BCUT2D eigenvalue weighted by Crippen LogP contribution is 2.28. The van der Waals surface area contributed by atoms with E-state index >= 15 is 0 Å². The summed E-state index contributed by atoms with van der Waals surface area (Å²) < 4.78 is 13.2. The number of nitrogens with one attached hydrogen (secondary N) is 2. The zero-order valence-corrected chi connectivity index (χ0v) is 25.4. The Kier molecular flexibility index (Phi) is 9.23. The summed E-state index contributed by atoms with van der Waals surface area (Å²) in [4.78, 5) is 43.8. The van der Waals surface area contributed by atoms with E-state index in [9.17, 15) is 14.4 Å². The molecule has 44 heavy (non-hydrogen) atoms. The Bertz CT molecular complexity index is 1850. The monoisotopic (exact) mass is 592 g/mol. The van der Waals surface area contributed by atoms with Crippen molar-refractivity contribution in [1.82, 2.24) is 14.9 Å². The summed E-state index contributed by atoms with van der Waals surface area (Å²) in [6.45, 7) is 7.94. The van der Waals surface area contributed by atoms with Gasteiger partial charge in [0, 0.05) is 13.3 Å². The first kappa shape index (κ1) is 30.3. The molecule has 0 unspecified atom stereocenters. The number of amides is 2. The molecule has 0 saturated carbocycles. The molecule has 2 amide bonds. The van der Waals surface area contributed by atoms with Gasteiger partial charge in [0.2, 0.25) is 5.91 Å². The molecule has 0 aliphatic heterocycles. The number of carbonyl (C=O) groups excluding carboxylic acids is 2. The first-order valence-electron chi connectivity index (χ1n) is 14.8. The second kappa shape index (κ2) is 13.4. The van der Waals surface area contributed by atoms with Gasteiger partial charge in [0.1, 0.15) is 17.3 Å². The molecule has 0 radical (unpaired) electrons. The second-order valence-corrected chi connectivity index (χ2v) is 10.5. The lowest BCUT2D eigenvalue weighted by atomic mass is 10.00. The van der Waals surface area contributed by atoms with Crippen LogP contribution in [0.5, 0.6) is 5.75 Å². The van der Waals surface area contributed by atoms with E-state index in [4.69, 9.17) is 9.47 Å². The molecule has 1 aromatic heterocycles. The molecule has 0 bridgehead atoms. The van der Waals surface area contributed by atoms with E-state index in [1.54, 1.807) is 29.7 Å². The smallest absolute Gasteiger partial charge is 0.266 e. The minimum atomic E-state index is -0.355. The van der Waals surface area contributed by atoms with Gasteiger partial charge in [-0.05, 0) is 87.2 Å². The number of benzene rings is 3. The molecule has 0 atom stereocenters. The van der Waals surface area contributed by atoms with Crippen molar-refractivity contribution in [1.29, 1.82) is 0 Å². The molecule has 1 aliphatic carbocycles. The predicted molar refractivity (Wildman–Crippen MR) is 171 cm³/mol. The Balaban J connectivity index is 1.52. The Morgan fingerprint density at radius 2 is 1.70 bits per heavy atom. The molecule has 0 spiro atoms. The highest BCUT2D eigenvalue weighted by Gasteiger charge is 2.19. The molecule has 3 aromatic carbocycles. The van der Waals surface area contributed by atoms with Crippen molar-refractivity contribution >= 4 is 28.4 Å². The van der Waals surface area contributed by atoms with Crippen LogP contribution in [-0.2, 0) is 16.0 Å². The summed E-state index contributed by atoms with van der Waals surface area (Å²) in [5.74, 6) is 1.21. The van der Waals surface area contributed by atoms with Gasteiger partial charge in [0.05, 0.1) is 46.8 Å². The molecule has 9 nitrogen and oxygen atoms in total. The number of hydrogen-bond donors (Lipinski definition) is 2. The first-order chi connectivity index (χ1) is 21.3. The quantitative estimate of drug-likeness (QED) is 0.235. The second-order valence-electron chi connectivity index (χ2n) is 10.5. The number of nitrogens with zero attached hydrogens (tertiary/aromatic N) is 2. The number of carbonyl (C=O) groups is 2. The van der Waals surface area contributed by atoms with Gasteiger partial charge in [-0.1, -0.05) is 30.3 Å². The molecule has 4 aromatic rings. The lowest BCUT2D eigenvalue weighted by molar-refractivity contribution is -0.114.